The molecule has 0 saturated carbocycles. The number of rotatable bonds is 4. The molecule has 0 spiro atoms. The van der Waals surface area contributed by atoms with Gasteiger partial charge in [0.25, 0.3) is 0 Å². The molecule has 1 aromatic rings. The Morgan fingerprint density at radius 2 is 1.88 bits per heavy atom. The number of Topliss-reactive ketones (excluding diaryl/α,β-unsaturated/α-hetero) is 1. The lowest BCUT2D eigenvalue weighted by Gasteiger charge is -2.08. The third-order valence-electron chi connectivity index (χ3n) is 1.92. The predicted octanol–water partition coefficient (Wildman–Crippen LogP) is 1.07. The first-order valence-corrected chi connectivity index (χ1v) is 4.58. The van der Waals surface area contributed by atoms with Gasteiger partial charge < -0.3 is 10.5 Å². The molecule has 16 heavy (non-hydrogen) atoms. The first-order chi connectivity index (χ1) is 7.11. The summed E-state index contributed by atoms with van der Waals surface area (Å²) >= 11 is 0. The maximum atomic E-state index is 11.2. The zero-order chi connectivity index (χ0) is 11.3. The summed E-state index contributed by atoms with van der Waals surface area (Å²) in [7, 11) is 0. The second-order valence-electron chi connectivity index (χ2n) is 3.18. The first kappa shape index (κ1) is 14.6. The SMILES string of the molecule is CC(=O)[C@H](N)C(=O)OCc1ccccc1.Cl. The molecule has 0 aliphatic heterocycles. The fraction of sp³-hybridized carbons (Fsp3) is 0.273. The fourth-order valence-electron chi connectivity index (χ4n) is 0.984. The Kier molecular flexibility index (Phi) is 6.37. The molecule has 1 aromatic carbocycles. The molecule has 1 atom stereocenters. The summed E-state index contributed by atoms with van der Waals surface area (Å²) in [5.74, 6) is -1.08. The van der Waals surface area contributed by atoms with E-state index < -0.39 is 17.8 Å². The van der Waals surface area contributed by atoms with E-state index in [1.54, 1.807) is 0 Å². The Bertz CT molecular complexity index is 354. The van der Waals surface area contributed by atoms with Crippen LogP contribution in [0.2, 0.25) is 0 Å². The van der Waals surface area contributed by atoms with Crippen LogP contribution in [0.3, 0.4) is 0 Å². The van der Waals surface area contributed by atoms with Gasteiger partial charge in [-0.2, -0.15) is 0 Å². The van der Waals surface area contributed by atoms with E-state index in [1.807, 2.05) is 30.3 Å². The van der Waals surface area contributed by atoms with Crippen molar-refractivity contribution in [3.63, 3.8) is 0 Å². The lowest BCUT2D eigenvalue weighted by atomic mass is 10.2. The molecule has 0 aliphatic carbocycles. The van der Waals surface area contributed by atoms with Gasteiger partial charge in [-0.25, -0.2) is 4.79 Å². The van der Waals surface area contributed by atoms with Crippen LogP contribution in [0.25, 0.3) is 0 Å². The van der Waals surface area contributed by atoms with Crippen LogP contribution in [0.15, 0.2) is 30.3 Å². The Hall–Kier alpha value is -1.39. The highest BCUT2D eigenvalue weighted by Gasteiger charge is 2.19. The Balaban J connectivity index is 0.00000225. The van der Waals surface area contributed by atoms with Crippen LogP contribution in [-0.2, 0) is 20.9 Å². The van der Waals surface area contributed by atoms with Crippen molar-refractivity contribution in [3.05, 3.63) is 35.9 Å². The van der Waals surface area contributed by atoms with Crippen molar-refractivity contribution in [2.75, 3.05) is 0 Å². The van der Waals surface area contributed by atoms with Gasteiger partial charge in [0, 0.05) is 0 Å². The summed E-state index contributed by atoms with van der Waals surface area (Å²) in [4.78, 5) is 22.0. The predicted molar refractivity (Wildman–Crippen MR) is 62.1 cm³/mol. The summed E-state index contributed by atoms with van der Waals surface area (Å²) in [5, 5.41) is 0. The van der Waals surface area contributed by atoms with Gasteiger partial charge in [-0.1, -0.05) is 30.3 Å². The van der Waals surface area contributed by atoms with Crippen molar-refractivity contribution in [1.82, 2.24) is 0 Å². The summed E-state index contributed by atoms with van der Waals surface area (Å²) < 4.78 is 4.87. The first-order valence-electron chi connectivity index (χ1n) is 4.58. The molecule has 5 heteroatoms. The molecule has 88 valence electrons. The van der Waals surface area contributed by atoms with Gasteiger partial charge in [-0.3, -0.25) is 4.79 Å². The minimum absolute atomic E-state index is 0. The number of benzene rings is 1. The van der Waals surface area contributed by atoms with E-state index in [1.165, 1.54) is 6.92 Å². The molecule has 0 radical (unpaired) electrons. The van der Waals surface area contributed by atoms with E-state index in [9.17, 15) is 9.59 Å². The third kappa shape index (κ3) is 4.42. The molecule has 0 unspecified atom stereocenters. The second kappa shape index (κ2) is 6.98. The van der Waals surface area contributed by atoms with E-state index in [2.05, 4.69) is 0 Å². The number of hydrogen-bond acceptors (Lipinski definition) is 4. The van der Waals surface area contributed by atoms with Gasteiger partial charge in [0.1, 0.15) is 6.61 Å². The van der Waals surface area contributed by atoms with Crippen molar-refractivity contribution >= 4 is 24.2 Å². The fourth-order valence-corrected chi connectivity index (χ4v) is 0.984. The molecule has 0 heterocycles. The highest BCUT2D eigenvalue weighted by molar-refractivity contribution is 6.01. The standard InChI is InChI=1S/C11H13NO3.ClH/c1-8(13)10(12)11(14)15-7-9-5-3-2-4-6-9;/h2-6,10H,7,12H2,1H3;1H/t10-;/m0./s1. The van der Waals surface area contributed by atoms with E-state index in [0.717, 1.165) is 5.56 Å². The van der Waals surface area contributed by atoms with Crippen LogP contribution in [0.4, 0.5) is 0 Å². The van der Waals surface area contributed by atoms with Crippen molar-refractivity contribution < 1.29 is 14.3 Å². The summed E-state index contributed by atoms with van der Waals surface area (Å²) in [6.45, 7) is 1.40. The molecule has 0 amide bonds. The normalized spacial score (nSPS) is 11.1. The quantitative estimate of drug-likeness (QED) is 0.634. The van der Waals surface area contributed by atoms with E-state index >= 15 is 0 Å². The average Bonchev–Trinajstić information content (AvgIpc) is 2.26. The maximum Gasteiger partial charge on any atom is 0.330 e. The molecule has 0 bridgehead atoms. The van der Waals surface area contributed by atoms with Crippen molar-refractivity contribution in [2.24, 2.45) is 5.73 Å². The number of hydrogen-bond donors (Lipinski definition) is 1. The Morgan fingerprint density at radius 3 is 2.38 bits per heavy atom. The minimum atomic E-state index is -1.17. The van der Waals surface area contributed by atoms with Gasteiger partial charge >= 0.3 is 5.97 Å². The highest BCUT2D eigenvalue weighted by atomic mass is 35.5. The zero-order valence-electron chi connectivity index (χ0n) is 8.88. The highest BCUT2D eigenvalue weighted by Crippen LogP contribution is 2.01. The van der Waals surface area contributed by atoms with E-state index in [0.29, 0.717) is 0 Å². The lowest BCUT2D eigenvalue weighted by Crippen LogP contribution is -2.38. The largest absolute Gasteiger partial charge is 0.459 e. The summed E-state index contributed by atoms with van der Waals surface area (Å²) in [6.07, 6.45) is 0. The van der Waals surface area contributed by atoms with Crippen LogP contribution in [-0.4, -0.2) is 17.8 Å². The smallest absolute Gasteiger partial charge is 0.330 e. The third-order valence-corrected chi connectivity index (χ3v) is 1.92. The molecule has 0 saturated heterocycles. The molecule has 2 N–H and O–H groups in total. The zero-order valence-corrected chi connectivity index (χ0v) is 9.70. The van der Waals surface area contributed by atoms with Crippen LogP contribution < -0.4 is 5.73 Å². The number of nitrogens with two attached hydrogens (primary N) is 1. The van der Waals surface area contributed by atoms with E-state index in [-0.39, 0.29) is 19.0 Å². The molecule has 0 fully saturated rings. The summed E-state index contributed by atoms with van der Waals surface area (Å²) in [6, 6.07) is 8.03. The van der Waals surface area contributed by atoms with Gasteiger partial charge in [0.15, 0.2) is 11.8 Å². The minimum Gasteiger partial charge on any atom is -0.459 e. The molecule has 0 aromatic heterocycles. The molecule has 0 aliphatic rings. The van der Waals surface area contributed by atoms with Gasteiger partial charge in [0.2, 0.25) is 0 Å². The molecule has 4 nitrogen and oxygen atoms in total. The van der Waals surface area contributed by atoms with Gasteiger partial charge in [-0.15, -0.1) is 12.4 Å². The van der Waals surface area contributed by atoms with E-state index in [4.69, 9.17) is 10.5 Å². The van der Waals surface area contributed by atoms with Crippen molar-refractivity contribution in [1.29, 1.82) is 0 Å². The number of carbonyl (C=O) groups excluding carboxylic acids is 2. The van der Waals surface area contributed by atoms with Crippen LogP contribution in [0.5, 0.6) is 0 Å². The number of ether oxygens (including phenoxy) is 1. The number of ketones is 1. The van der Waals surface area contributed by atoms with Crippen molar-refractivity contribution in [3.8, 4) is 0 Å². The number of esters is 1. The van der Waals surface area contributed by atoms with Crippen LogP contribution >= 0.6 is 12.4 Å². The lowest BCUT2D eigenvalue weighted by molar-refractivity contribution is -0.148. The van der Waals surface area contributed by atoms with Gasteiger partial charge in [0.05, 0.1) is 0 Å². The number of carbonyl (C=O) groups is 2. The van der Waals surface area contributed by atoms with Gasteiger partial charge in [-0.05, 0) is 12.5 Å². The topological polar surface area (TPSA) is 69.4 Å². The van der Waals surface area contributed by atoms with Crippen LogP contribution in [0.1, 0.15) is 12.5 Å². The summed E-state index contributed by atoms with van der Waals surface area (Å²) in [5.41, 5.74) is 6.16. The number of halogens is 1. The molecular weight excluding hydrogens is 230 g/mol. The Morgan fingerprint density at radius 1 is 1.31 bits per heavy atom. The molecule has 1 rings (SSSR count). The molecular formula is C11H14ClNO3. The maximum absolute atomic E-state index is 11.2. The second-order valence-corrected chi connectivity index (χ2v) is 3.18. The van der Waals surface area contributed by atoms with Crippen molar-refractivity contribution in [2.45, 2.75) is 19.6 Å². The monoisotopic (exact) mass is 243 g/mol. The average molecular weight is 244 g/mol. The Labute approximate surface area is 100 Å². The van der Waals surface area contributed by atoms with Crippen LogP contribution in [0, 0.1) is 0 Å².